The number of amides is 1. The van der Waals surface area contributed by atoms with E-state index in [1.165, 1.54) is 0 Å². The molecule has 2 N–H and O–H groups in total. The number of fused-ring (bicyclic) bond motifs is 1. The highest BCUT2D eigenvalue weighted by Gasteiger charge is 2.19. The van der Waals surface area contributed by atoms with Gasteiger partial charge in [0.15, 0.2) is 0 Å². The molecule has 4 nitrogen and oxygen atoms in total. The topological polar surface area (TPSA) is 57.8 Å². The van der Waals surface area contributed by atoms with Gasteiger partial charge in [0.25, 0.3) is 5.91 Å². The van der Waals surface area contributed by atoms with Gasteiger partial charge in [-0.1, -0.05) is 44.2 Å². The van der Waals surface area contributed by atoms with E-state index in [4.69, 9.17) is 0 Å². The lowest BCUT2D eigenvalue weighted by atomic mass is 9.95. The number of aromatic nitrogens is 2. The third kappa shape index (κ3) is 3.39. The standard InChI is InChI=1S/C18H18IN3O/c1-11(2)16(12-6-4-3-5-7-12)20-18(23)13-8-9-15-14(10-13)17(19)22-21-15/h3-11,16H,1-2H3,(H,20,23)(H,21,22). The lowest BCUT2D eigenvalue weighted by Crippen LogP contribution is -2.31. The van der Waals surface area contributed by atoms with E-state index in [0.29, 0.717) is 11.5 Å². The van der Waals surface area contributed by atoms with Crippen LogP contribution < -0.4 is 5.32 Å². The predicted molar refractivity (Wildman–Crippen MR) is 100 cm³/mol. The Balaban J connectivity index is 1.87. The largest absolute Gasteiger partial charge is 0.345 e. The van der Waals surface area contributed by atoms with Crippen molar-refractivity contribution in [1.82, 2.24) is 15.5 Å². The lowest BCUT2D eigenvalue weighted by molar-refractivity contribution is 0.0925. The summed E-state index contributed by atoms with van der Waals surface area (Å²) in [5.41, 5.74) is 2.71. The monoisotopic (exact) mass is 419 g/mol. The number of carbonyl (C=O) groups excluding carboxylic acids is 1. The molecule has 3 rings (SSSR count). The van der Waals surface area contributed by atoms with Gasteiger partial charge in [0, 0.05) is 10.9 Å². The van der Waals surface area contributed by atoms with Crippen LogP contribution in [0.1, 0.15) is 35.8 Å². The van der Waals surface area contributed by atoms with E-state index in [-0.39, 0.29) is 11.9 Å². The second-order valence-electron chi connectivity index (χ2n) is 5.88. The second kappa shape index (κ2) is 6.70. The number of hydrogen-bond acceptors (Lipinski definition) is 2. The number of H-pyrrole nitrogens is 1. The molecule has 5 heteroatoms. The molecule has 1 atom stereocenters. The molecule has 1 amide bonds. The van der Waals surface area contributed by atoms with Crippen molar-refractivity contribution < 1.29 is 4.79 Å². The van der Waals surface area contributed by atoms with Crippen molar-refractivity contribution in [3.8, 4) is 0 Å². The van der Waals surface area contributed by atoms with E-state index in [2.05, 4.69) is 52.0 Å². The minimum Gasteiger partial charge on any atom is -0.345 e. The highest BCUT2D eigenvalue weighted by Crippen LogP contribution is 2.23. The van der Waals surface area contributed by atoms with Crippen LogP contribution in [0.2, 0.25) is 0 Å². The van der Waals surface area contributed by atoms with Crippen LogP contribution in [-0.4, -0.2) is 16.1 Å². The summed E-state index contributed by atoms with van der Waals surface area (Å²) in [5, 5.41) is 11.2. The average Bonchev–Trinajstić information content (AvgIpc) is 2.93. The van der Waals surface area contributed by atoms with Gasteiger partial charge in [0.1, 0.15) is 3.70 Å². The van der Waals surface area contributed by atoms with Crippen LogP contribution in [-0.2, 0) is 0 Å². The fraction of sp³-hybridized carbons (Fsp3) is 0.222. The molecular weight excluding hydrogens is 401 g/mol. The molecule has 23 heavy (non-hydrogen) atoms. The number of benzene rings is 2. The molecule has 1 unspecified atom stereocenters. The highest BCUT2D eigenvalue weighted by atomic mass is 127. The maximum Gasteiger partial charge on any atom is 0.251 e. The quantitative estimate of drug-likeness (QED) is 0.620. The van der Waals surface area contributed by atoms with E-state index in [9.17, 15) is 4.79 Å². The Labute approximate surface area is 148 Å². The summed E-state index contributed by atoms with van der Waals surface area (Å²) in [5.74, 6) is 0.241. The summed E-state index contributed by atoms with van der Waals surface area (Å²) in [6.45, 7) is 4.22. The molecule has 0 saturated heterocycles. The molecule has 0 fully saturated rings. The summed E-state index contributed by atoms with van der Waals surface area (Å²) >= 11 is 2.16. The summed E-state index contributed by atoms with van der Waals surface area (Å²) in [4.78, 5) is 12.7. The smallest absolute Gasteiger partial charge is 0.251 e. The molecular formula is C18H18IN3O. The van der Waals surface area contributed by atoms with Gasteiger partial charge in [-0.05, 0) is 52.3 Å². The molecule has 3 aromatic rings. The summed E-state index contributed by atoms with van der Waals surface area (Å²) in [6, 6.07) is 15.7. The van der Waals surface area contributed by atoms with Crippen molar-refractivity contribution in [2.24, 2.45) is 5.92 Å². The van der Waals surface area contributed by atoms with Crippen LogP contribution in [0.5, 0.6) is 0 Å². The van der Waals surface area contributed by atoms with Gasteiger partial charge in [0.2, 0.25) is 0 Å². The number of hydrogen-bond donors (Lipinski definition) is 2. The van der Waals surface area contributed by atoms with Crippen molar-refractivity contribution in [3.63, 3.8) is 0 Å². The zero-order valence-electron chi connectivity index (χ0n) is 13.0. The van der Waals surface area contributed by atoms with Gasteiger partial charge in [-0.2, -0.15) is 5.10 Å². The van der Waals surface area contributed by atoms with Crippen LogP contribution in [0.15, 0.2) is 48.5 Å². The Hall–Kier alpha value is -1.89. The van der Waals surface area contributed by atoms with Gasteiger partial charge >= 0.3 is 0 Å². The maximum absolute atomic E-state index is 12.7. The molecule has 0 saturated carbocycles. The van der Waals surface area contributed by atoms with Crippen molar-refractivity contribution in [2.75, 3.05) is 0 Å². The van der Waals surface area contributed by atoms with Crippen LogP contribution in [0, 0.1) is 9.62 Å². The number of halogens is 1. The number of aromatic amines is 1. The third-order valence-electron chi connectivity index (χ3n) is 3.89. The van der Waals surface area contributed by atoms with Crippen LogP contribution in [0.25, 0.3) is 10.9 Å². The van der Waals surface area contributed by atoms with E-state index >= 15 is 0 Å². The number of rotatable bonds is 4. The number of nitrogens with one attached hydrogen (secondary N) is 2. The Bertz CT molecular complexity index is 827. The average molecular weight is 419 g/mol. The van der Waals surface area contributed by atoms with Gasteiger partial charge in [-0.15, -0.1) is 0 Å². The first-order chi connectivity index (χ1) is 11.1. The fourth-order valence-electron chi connectivity index (χ4n) is 2.64. The number of nitrogens with zero attached hydrogens (tertiary/aromatic N) is 1. The van der Waals surface area contributed by atoms with E-state index in [0.717, 1.165) is 20.2 Å². The molecule has 2 aromatic carbocycles. The van der Waals surface area contributed by atoms with Gasteiger partial charge in [-0.3, -0.25) is 9.89 Å². The van der Waals surface area contributed by atoms with Crippen molar-refractivity contribution in [2.45, 2.75) is 19.9 Å². The first kappa shape index (κ1) is 16.0. The molecule has 0 spiro atoms. The molecule has 0 aliphatic rings. The maximum atomic E-state index is 12.7. The minimum absolute atomic E-state index is 0.0113. The van der Waals surface area contributed by atoms with Crippen molar-refractivity contribution >= 4 is 39.4 Å². The zero-order chi connectivity index (χ0) is 16.4. The Morgan fingerprint density at radius 2 is 1.91 bits per heavy atom. The summed E-state index contributed by atoms with van der Waals surface area (Å²) in [6.07, 6.45) is 0. The van der Waals surface area contributed by atoms with Crippen LogP contribution in [0.4, 0.5) is 0 Å². The molecule has 118 valence electrons. The summed E-state index contributed by atoms with van der Waals surface area (Å²) < 4.78 is 0.871. The Morgan fingerprint density at radius 3 is 2.61 bits per heavy atom. The SMILES string of the molecule is CC(C)C(NC(=O)c1ccc2[nH]nc(I)c2c1)c1ccccc1. The number of carbonyl (C=O) groups is 1. The van der Waals surface area contributed by atoms with Crippen LogP contribution in [0.3, 0.4) is 0 Å². The van der Waals surface area contributed by atoms with Gasteiger partial charge < -0.3 is 5.32 Å². The van der Waals surface area contributed by atoms with Gasteiger partial charge in [0.05, 0.1) is 11.6 Å². The second-order valence-corrected chi connectivity index (χ2v) is 6.90. The first-order valence-electron chi connectivity index (χ1n) is 7.55. The molecule has 0 radical (unpaired) electrons. The first-order valence-corrected chi connectivity index (χ1v) is 8.63. The molecule has 1 aromatic heterocycles. The minimum atomic E-state index is -0.0635. The predicted octanol–water partition coefficient (Wildman–Crippen LogP) is 4.29. The zero-order valence-corrected chi connectivity index (χ0v) is 15.2. The van der Waals surface area contributed by atoms with Crippen molar-refractivity contribution in [3.05, 3.63) is 63.4 Å². The molecule has 0 aliphatic heterocycles. The fourth-order valence-corrected chi connectivity index (χ4v) is 3.21. The molecule has 1 heterocycles. The van der Waals surface area contributed by atoms with E-state index < -0.39 is 0 Å². The third-order valence-corrected chi connectivity index (χ3v) is 4.71. The highest BCUT2D eigenvalue weighted by molar-refractivity contribution is 14.1. The molecule has 0 bridgehead atoms. The van der Waals surface area contributed by atoms with E-state index in [1.807, 2.05) is 48.5 Å². The normalized spacial score (nSPS) is 12.5. The Kier molecular flexibility index (Phi) is 4.66. The van der Waals surface area contributed by atoms with E-state index in [1.54, 1.807) is 0 Å². The van der Waals surface area contributed by atoms with Crippen LogP contribution >= 0.6 is 22.6 Å². The van der Waals surface area contributed by atoms with Crippen molar-refractivity contribution in [1.29, 1.82) is 0 Å². The molecule has 0 aliphatic carbocycles. The summed E-state index contributed by atoms with van der Waals surface area (Å²) in [7, 11) is 0. The van der Waals surface area contributed by atoms with Gasteiger partial charge in [-0.25, -0.2) is 0 Å². The lowest BCUT2D eigenvalue weighted by Gasteiger charge is -2.23. The Morgan fingerprint density at radius 1 is 1.17 bits per heavy atom.